The lowest BCUT2D eigenvalue weighted by atomic mass is 10.2. The molecule has 0 unspecified atom stereocenters. The molecule has 7 heteroatoms. The number of carbonyl (C=O) groups is 1. The number of carbonyl (C=O) groups excluding carboxylic acids is 1. The van der Waals surface area contributed by atoms with Crippen LogP contribution in [0.1, 0.15) is 39.1 Å². The quantitative estimate of drug-likeness (QED) is 0.611. The van der Waals surface area contributed by atoms with Crippen molar-refractivity contribution in [1.29, 1.82) is 0 Å². The fourth-order valence-electron chi connectivity index (χ4n) is 2.49. The lowest BCUT2D eigenvalue weighted by Gasteiger charge is -2.30. The Balaban J connectivity index is 3.02. The molecule has 0 aromatic carbocycles. The van der Waals surface area contributed by atoms with Crippen molar-refractivity contribution in [1.82, 2.24) is 14.7 Å². The van der Waals surface area contributed by atoms with Gasteiger partial charge in [-0.2, -0.15) is 5.10 Å². The minimum absolute atomic E-state index is 0.0153. The normalized spacial score (nSPS) is 11.2. The van der Waals surface area contributed by atoms with Crippen LogP contribution in [0.3, 0.4) is 0 Å². The highest BCUT2D eigenvalue weighted by molar-refractivity contribution is 5.76. The Hall–Kier alpha value is -1.92. The summed E-state index contributed by atoms with van der Waals surface area (Å²) in [5.41, 5.74) is 0.729. The Morgan fingerprint density at radius 1 is 1.30 bits per heavy atom. The van der Waals surface area contributed by atoms with E-state index in [1.54, 1.807) is 18.7 Å². The zero-order valence-electron chi connectivity index (χ0n) is 12.9. The van der Waals surface area contributed by atoms with Crippen LogP contribution in [0.25, 0.3) is 0 Å². The summed E-state index contributed by atoms with van der Waals surface area (Å²) in [6.07, 6.45) is 0. The summed E-state index contributed by atoms with van der Waals surface area (Å²) >= 11 is 0. The van der Waals surface area contributed by atoms with Crippen molar-refractivity contribution in [3.8, 4) is 0 Å². The maximum Gasteiger partial charge on any atom is 0.312 e. The van der Waals surface area contributed by atoms with Gasteiger partial charge in [-0.15, -0.1) is 0 Å². The van der Waals surface area contributed by atoms with E-state index in [1.807, 2.05) is 27.7 Å². The van der Waals surface area contributed by atoms with Crippen LogP contribution in [0.5, 0.6) is 0 Å². The minimum atomic E-state index is -0.457. The summed E-state index contributed by atoms with van der Waals surface area (Å²) in [6, 6.07) is 0.156. The van der Waals surface area contributed by atoms with Gasteiger partial charge in [-0.3, -0.25) is 19.6 Å². The molecule has 0 aliphatic carbocycles. The second kappa shape index (κ2) is 6.02. The molecule has 0 saturated heterocycles. The summed E-state index contributed by atoms with van der Waals surface area (Å²) in [5.74, 6) is -0.0875. The molecule has 0 radical (unpaired) electrons. The van der Waals surface area contributed by atoms with E-state index in [1.165, 1.54) is 4.68 Å². The van der Waals surface area contributed by atoms with Crippen LogP contribution in [-0.4, -0.2) is 37.6 Å². The smallest absolute Gasteiger partial charge is 0.312 e. The van der Waals surface area contributed by atoms with Gasteiger partial charge in [0, 0.05) is 12.1 Å². The average Bonchev–Trinajstić information content (AvgIpc) is 2.52. The molecule has 0 atom stereocenters. The zero-order valence-corrected chi connectivity index (χ0v) is 12.9. The van der Waals surface area contributed by atoms with Crippen LogP contribution >= 0.6 is 0 Å². The predicted molar refractivity (Wildman–Crippen MR) is 75.5 cm³/mol. The number of amides is 1. The van der Waals surface area contributed by atoms with Crippen molar-refractivity contribution in [2.45, 2.75) is 60.2 Å². The SMILES string of the molecule is Cc1nn(CC(=O)N(C(C)C)C(C)C)c(C)c1[N+](=O)[O-]. The van der Waals surface area contributed by atoms with Crippen molar-refractivity contribution in [3.63, 3.8) is 0 Å². The first-order chi connectivity index (χ1) is 9.16. The number of nitro groups is 1. The van der Waals surface area contributed by atoms with Crippen LogP contribution in [0.4, 0.5) is 5.69 Å². The molecule has 0 N–H and O–H groups in total. The number of rotatable bonds is 5. The van der Waals surface area contributed by atoms with Crippen molar-refractivity contribution in [2.24, 2.45) is 0 Å². The predicted octanol–water partition coefficient (Wildman–Crippen LogP) is 2.05. The van der Waals surface area contributed by atoms with Gasteiger partial charge < -0.3 is 4.90 Å². The van der Waals surface area contributed by atoms with Gasteiger partial charge >= 0.3 is 5.69 Å². The first-order valence-electron chi connectivity index (χ1n) is 6.66. The number of hydrogen-bond donors (Lipinski definition) is 0. The number of nitrogens with zero attached hydrogens (tertiary/aromatic N) is 4. The van der Waals surface area contributed by atoms with Crippen LogP contribution in [0.15, 0.2) is 0 Å². The molecule has 20 heavy (non-hydrogen) atoms. The van der Waals surface area contributed by atoms with Crippen LogP contribution in [-0.2, 0) is 11.3 Å². The van der Waals surface area contributed by atoms with E-state index in [-0.39, 0.29) is 30.2 Å². The molecule has 1 aromatic rings. The molecule has 1 amide bonds. The van der Waals surface area contributed by atoms with Crippen molar-refractivity contribution in [3.05, 3.63) is 21.5 Å². The van der Waals surface area contributed by atoms with Crippen LogP contribution in [0, 0.1) is 24.0 Å². The van der Waals surface area contributed by atoms with E-state index < -0.39 is 4.92 Å². The summed E-state index contributed by atoms with van der Waals surface area (Å²) < 4.78 is 1.41. The van der Waals surface area contributed by atoms with Crippen molar-refractivity contribution < 1.29 is 9.72 Å². The molecule has 0 bridgehead atoms. The Bertz CT molecular complexity index is 512. The number of aromatic nitrogens is 2. The third kappa shape index (κ3) is 3.15. The Morgan fingerprint density at radius 3 is 2.15 bits per heavy atom. The standard InChI is InChI=1S/C13H22N4O3/c1-8(2)16(9(3)4)12(18)7-15-11(6)13(17(19)20)10(5)14-15/h8-9H,7H2,1-6H3. The first kappa shape index (κ1) is 16.1. The van der Waals surface area contributed by atoms with E-state index >= 15 is 0 Å². The zero-order chi connectivity index (χ0) is 15.6. The van der Waals surface area contributed by atoms with Crippen molar-refractivity contribution in [2.75, 3.05) is 0 Å². The van der Waals surface area contributed by atoms with Crippen LogP contribution < -0.4 is 0 Å². The Morgan fingerprint density at radius 2 is 1.80 bits per heavy atom. The largest absolute Gasteiger partial charge is 0.336 e. The minimum Gasteiger partial charge on any atom is -0.336 e. The molecule has 1 rings (SSSR count). The van der Waals surface area contributed by atoms with Gasteiger partial charge in [0.05, 0.1) is 4.92 Å². The second-order valence-corrected chi connectivity index (χ2v) is 5.42. The molecule has 1 heterocycles. The molecular weight excluding hydrogens is 260 g/mol. The maximum atomic E-state index is 12.3. The number of aryl methyl sites for hydroxylation is 1. The van der Waals surface area contributed by atoms with Crippen molar-refractivity contribution >= 4 is 11.6 Å². The summed E-state index contributed by atoms with van der Waals surface area (Å²) in [4.78, 5) is 24.6. The van der Waals surface area contributed by atoms with Crippen LogP contribution in [0.2, 0.25) is 0 Å². The molecule has 0 aliphatic rings. The van der Waals surface area contributed by atoms with E-state index in [4.69, 9.17) is 0 Å². The molecular formula is C13H22N4O3. The molecule has 1 aromatic heterocycles. The van der Waals surface area contributed by atoms with E-state index in [0.29, 0.717) is 11.4 Å². The van der Waals surface area contributed by atoms with Gasteiger partial charge in [0.15, 0.2) is 0 Å². The van der Waals surface area contributed by atoms with Gasteiger partial charge in [-0.25, -0.2) is 0 Å². The lowest BCUT2D eigenvalue weighted by Crippen LogP contribution is -2.43. The molecule has 7 nitrogen and oxygen atoms in total. The summed E-state index contributed by atoms with van der Waals surface area (Å²) in [7, 11) is 0. The highest BCUT2D eigenvalue weighted by Crippen LogP contribution is 2.22. The lowest BCUT2D eigenvalue weighted by molar-refractivity contribution is -0.386. The Kier molecular flexibility index (Phi) is 4.86. The first-order valence-corrected chi connectivity index (χ1v) is 6.66. The second-order valence-electron chi connectivity index (χ2n) is 5.42. The molecule has 0 spiro atoms. The van der Waals surface area contributed by atoms with Gasteiger partial charge in [0.2, 0.25) is 5.91 Å². The monoisotopic (exact) mass is 282 g/mol. The fourth-order valence-corrected chi connectivity index (χ4v) is 2.49. The van der Waals surface area contributed by atoms with E-state index in [0.717, 1.165) is 0 Å². The average molecular weight is 282 g/mol. The fraction of sp³-hybridized carbons (Fsp3) is 0.692. The highest BCUT2D eigenvalue weighted by Gasteiger charge is 2.25. The molecule has 0 aliphatic heterocycles. The van der Waals surface area contributed by atoms with Gasteiger partial charge in [0.25, 0.3) is 0 Å². The third-order valence-corrected chi connectivity index (χ3v) is 3.21. The third-order valence-electron chi connectivity index (χ3n) is 3.21. The maximum absolute atomic E-state index is 12.3. The number of hydrogen-bond acceptors (Lipinski definition) is 4. The van der Waals surface area contributed by atoms with E-state index in [9.17, 15) is 14.9 Å². The van der Waals surface area contributed by atoms with Gasteiger partial charge in [0.1, 0.15) is 17.9 Å². The molecule has 112 valence electrons. The summed E-state index contributed by atoms with van der Waals surface area (Å²) in [6.45, 7) is 11.0. The highest BCUT2D eigenvalue weighted by atomic mass is 16.6. The van der Waals surface area contributed by atoms with E-state index in [2.05, 4.69) is 5.10 Å². The topological polar surface area (TPSA) is 81.3 Å². The van der Waals surface area contributed by atoms with Gasteiger partial charge in [-0.1, -0.05) is 0 Å². The van der Waals surface area contributed by atoms with Gasteiger partial charge in [-0.05, 0) is 41.5 Å². The molecule has 0 saturated carbocycles. The summed E-state index contributed by atoms with van der Waals surface area (Å²) in [5, 5.41) is 15.0. The molecule has 0 fully saturated rings. The Labute approximate surface area is 118 Å².